The summed E-state index contributed by atoms with van der Waals surface area (Å²) in [7, 11) is 0. The monoisotopic (exact) mass is 410 g/mol. The van der Waals surface area contributed by atoms with Gasteiger partial charge in [0, 0.05) is 23.5 Å². The molecule has 31 heavy (non-hydrogen) atoms. The number of carbonyl (C=O) groups is 2. The van der Waals surface area contributed by atoms with Crippen molar-refractivity contribution in [1.29, 1.82) is 0 Å². The summed E-state index contributed by atoms with van der Waals surface area (Å²) in [6.45, 7) is 2.07. The molecule has 0 aromatic heterocycles. The van der Waals surface area contributed by atoms with Gasteiger partial charge < -0.3 is 0 Å². The van der Waals surface area contributed by atoms with Gasteiger partial charge in [0.2, 0.25) is 11.8 Å². The second-order valence-electron chi connectivity index (χ2n) is 8.64. The van der Waals surface area contributed by atoms with Crippen molar-refractivity contribution in [2.24, 2.45) is 11.8 Å². The largest absolute Gasteiger partial charge is 0.274 e. The quantitative estimate of drug-likeness (QED) is 0.361. The molecular formula is C25H18N2O4. The van der Waals surface area contributed by atoms with E-state index in [2.05, 4.69) is 31.2 Å². The van der Waals surface area contributed by atoms with Crippen molar-refractivity contribution in [1.82, 2.24) is 0 Å². The first kappa shape index (κ1) is 18.0. The summed E-state index contributed by atoms with van der Waals surface area (Å²) in [6.07, 6.45) is 0. The Hall–Kier alpha value is -3.80. The Morgan fingerprint density at radius 2 is 1.39 bits per heavy atom. The molecule has 1 fully saturated rings. The standard InChI is InChI=1S/C25H18N2O4/c1-25-18-8-4-2-6-16(18)20(17-7-3-5-9-19(17)25)21-22(25)24(29)26(23(21)28)14-10-12-15(13-11-14)27(30)31/h2-13,20-22H,1H3/t20?,21-,22-,25?/m0/s1. The summed E-state index contributed by atoms with van der Waals surface area (Å²) in [6, 6.07) is 21.8. The maximum absolute atomic E-state index is 13.8. The highest BCUT2D eigenvalue weighted by Crippen LogP contribution is 2.64. The van der Waals surface area contributed by atoms with E-state index in [1.165, 1.54) is 29.2 Å². The average molecular weight is 410 g/mol. The van der Waals surface area contributed by atoms with E-state index in [1.807, 2.05) is 24.3 Å². The van der Waals surface area contributed by atoms with Crippen LogP contribution in [0, 0.1) is 22.0 Å². The third kappa shape index (κ3) is 2.06. The van der Waals surface area contributed by atoms with E-state index in [-0.39, 0.29) is 23.4 Å². The molecule has 2 bridgehead atoms. The van der Waals surface area contributed by atoms with Gasteiger partial charge in [0.1, 0.15) is 0 Å². The van der Waals surface area contributed by atoms with Gasteiger partial charge in [-0.2, -0.15) is 0 Å². The minimum absolute atomic E-state index is 0.0768. The van der Waals surface area contributed by atoms with Crippen molar-refractivity contribution in [3.63, 3.8) is 0 Å². The number of rotatable bonds is 2. The van der Waals surface area contributed by atoms with E-state index >= 15 is 0 Å². The highest BCUT2D eigenvalue weighted by molar-refractivity contribution is 6.23. The summed E-state index contributed by atoms with van der Waals surface area (Å²) in [5, 5.41) is 11.0. The van der Waals surface area contributed by atoms with Crippen LogP contribution < -0.4 is 4.90 Å². The number of hydrogen-bond donors (Lipinski definition) is 0. The molecular weight excluding hydrogens is 392 g/mol. The van der Waals surface area contributed by atoms with Crippen LogP contribution in [0.1, 0.15) is 35.1 Å². The van der Waals surface area contributed by atoms with Crippen molar-refractivity contribution in [2.75, 3.05) is 4.90 Å². The molecule has 0 radical (unpaired) electrons. The van der Waals surface area contributed by atoms with Crippen molar-refractivity contribution in [3.8, 4) is 0 Å². The van der Waals surface area contributed by atoms with Gasteiger partial charge in [-0.15, -0.1) is 0 Å². The fourth-order valence-electron chi connectivity index (χ4n) is 6.13. The van der Waals surface area contributed by atoms with E-state index < -0.39 is 22.2 Å². The van der Waals surface area contributed by atoms with Gasteiger partial charge >= 0.3 is 0 Å². The van der Waals surface area contributed by atoms with Crippen LogP contribution in [-0.2, 0) is 15.0 Å². The second kappa shape index (κ2) is 5.88. The van der Waals surface area contributed by atoms with Crippen molar-refractivity contribution in [3.05, 3.63) is 105 Å². The Bertz CT molecular complexity index is 1250. The molecule has 6 heteroatoms. The third-order valence-electron chi connectivity index (χ3n) is 7.36. The van der Waals surface area contributed by atoms with Crippen molar-refractivity contribution >= 4 is 23.2 Å². The minimum Gasteiger partial charge on any atom is -0.274 e. The van der Waals surface area contributed by atoms with Crippen LogP contribution in [0.5, 0.6) is 0 Å². The molecule has 7 rings (SSSR count). The molecule has 0 unspecified atom stereocenters. The van der Waals surface area contributed by atoms with Crippen LogP contribution in [0.4, 0.5) is 11.4 Å². The molecule has 2 amide bonds. The second-order valence-corrected chi connectivity index (χ2v) is 8.64. The Kier molecular flexibility index (Phi) is 3.41. The van der Waals surface area contributed by atoms with Crippen LogP contribution in [0.15, 0.2) is 72.8 Å². The lowest BCUT2D eigenvalue weighted by molar-refractivity contribution is -0.384. The lowest BCUT2D eigenvalue weighted by Gasteiger charge is -2.52. The molecule has 3 aliphatic carbocycles. The smallest absolute Gasteiger partial charge is 0.269 e. The van der Waals surface area contributed by atoms with Crippen molar-refractivity contribution in [2.45, 2.75) is 18.3 Å². The highest BCUT2D eigenvalue weighted by atomic mass is 16.6. The molecule has 0 spiro atoms. The third-order valence-corrected chi connectivity index (χ3v) is 7.36. The van der Waals surface area contributed by atoms with E-state index in [0.29, 0.717) is 5.69 Å². The van der Waals surface area contributed by atoms with E-state index in [4.69, 9.17) is 0 Å². The zero-order chi connectivity index (χ0) is 21.5. The Balaban J connectivity index is 1.55. The number of benzene rings is 3. The lowest BCUT2D eigenvalue weighted by Crippen LogP contribution is -2.51. The normalized spacial score (nSPS) is 27.6. The fourth-order valence-corrected chi connectivity index (χ4v) is 6.13. The highest BCUT2D eigenvalue weighted by Gasteiger charge is 2.66. The summed E-state index contributed by atoms with van der Waals surface area (Å²) in [4.78, 5) is 39.2. The van der Waals surface area contributed by atoms with Gasteiger partial charge in [-0.25, -0.2) is 4.90 Å². The SMILES string of the molecule is CC12c3ccccc3C(c3ccccc31)[C@@H]1C(=O)N(c3ccc([N+](=O)[O-])cc3)C(=O)[C@H]12. The molecule has 3 aromatic carbocycles. The molecule has 0 N–H and O–H groups in total. The topological polar surface area (TPSA) is 80.5 Å². The van der Waals surface area contributed by atoms with Gasteiger partial charge in [0.15, 0.2) is 0 Å². The molecule has 3 aromatic rings. The number of nitro benzene ring substituents is 1. The number of amides is 2. The number of anilines is 1. The Morgan fingerprint density at radius 3 is 1.94 bits per heavy atom. The van der Waals surface area contributed by atoms with Crippen LogP contribution in [-0.4, -0.2) is 16.7 Å². The zero-order valence-electron chi connectivity index (χ0n) is 16.7. The zero-order valence-corrected chi connectivity index (χ0v) is 16.7. The van der Waals surface area contributed by atoms with Crippen LogP contribution in [0.2, 0.25) is 0 Å². The van der Waals surface area contributed by atoms with E-state index in [9.17, 15) is 19.7 Å². The molecule has 4 aliphatic rings. The first-order valence-electron chi connectivity index (χ1n) is 10.3. The fraction of sp³-hybridized carbons (Fsp3) is 0.200. The van der Waals surface area contributed by atoms with Crippen LogP contribution in [0.3, 0.4) is 0 Å². The minimum atomic E-state index is -0.616. The maximum Gasteiger partial charge on any atom is 0.269 e. The van der Waals surface area contributed by atoms with Gasteiger partial charge in [-0.1, -0.05) is 55.5 Å². The van der Waals surface area contributed by atoms with Gasteiger partial charge in [-0.3, -0.25) is 19.7 Å². The summed E-state index contributed by atoms with van der Waals surface area (Å²) in [5.41, 5.74) is 4.11. The number of hydrogen-bond acceptors (Lipinski definition) is 4. The summed E-state index contributed by atoms with van der Waals surface area (Å²) >= 11 is 0. The molecule has 1 heterocycles. The summed E-state index contributed by atoms with van der Waals surface area (Å²) < 4.78 is 0. The number of nitro groups is 1. The van der Waals surface area contributed by atoms with E-state index in [1.54, 1.807) is 0 Å². The number of non-ortho nitro benzene ring substituents is 1. The predicted octanol–water partition coefficient (Wildman–Crippen LogP) is 4.17. The van der Waals surface area contributed by atoms with Crippen molar-refractivity contribution < 1.29 is 14.5 Å². The summed E-state index contributed by atoms with van der Waals surface area (Å²) in [5.74, 6) is -1.65. The predicted molar refractivity (Wildman–Crippen MR) is 114 cm³/mol. The molecule has 6 nitrogen and oxygen atoms in total. The molecule has 1 aliphatic heterocycles. The molecule has 0 saturated carbocycles. The number of carbonyl (C=O) groups excluding carboxylic acids is 2. The Morgan fingerprint density at radius 1 is 0.839 bits per heavy atom. The first-order chi connectivity index (χ1) is 14.9. The lowest BCUT2D eigenvalue weighted by atomic mass is 9.48. The molecule has 1 saturated heterocycles. The number of imide groups is 1. The van der Waals surface area contributed by atoms with Crippen LogP contribution >= 0.6 is 0 Å². The average Bonchev–Trinajstić information content (AvgIpc) is 3.06. The maximum atomic E-state index is 13.8. The Labute approximate surface area is 178 Å². The van der Waals surface area contributed by atoms with Crippen LogP contribution in [0.25, 0.3) is 0 Å². The van der Waals surface area contributed by atoms with Gasteiger partial charge in [0.05, 0.1) is 22.4 Å². The number of nitrogens with zero attached hydrogens (tertiary/aromatic N) is 2. The molecule has 152 valence electrons. The molecule has 2 atom stereocenters. The van der Waals surface area contributed by atoms with Gasteiger partial charge in [0.25, 0.3) is 5.69 Å². The van der Waals surface area contributed by atoms with E-state index in [0.717, 1.165) is 22.3 Å². The first-order valence-corrected chi connectivity index (χ1v) is 10.3. The van der Waals surface area contributed by atoms with Gasteiger partial charge in [-0.05, 0) is 34.4 Å².